The second kappa shape index (κ2) is 6.53. The third-order valence-electron chi connectivity index (χ3n) is 4.35. The van der Waals surface area contributed by atoms with E-state index >= 15 is 0 Å². The summed E-state index contributed by atoms with van der Waals surface area (Å²) in [6.07, 6.45) is 7.01. The molecular weight excluding hydrogens is 226 g/mol. The number of unbranched alkanes of at least 4 members (excludes halogenated alkanes) is 1. The molecule has 1 saturated heterocycles. The van der Waals surface area contributed by atoms with Crippen LogP contribution in [0.25, 0.3) is 0 Å². The van der Waals surface area contributed by atoms with Gasteiger partial charge in [-0.2, -0.15) is 0 Å². The van der Waals surface area contributed by atoms with Gasteiger partial charge in [-0.3, -0.25) is 9.69 Å². The van der Waals surface area contributed by atoms with Gasteiger partial charge >= 0.3 is 0 Å². The molecule has 18 heavy (non-hydrogen) atoms. The Morgan fingerprint density at radius 1 is 1.28 bits per heavy atom. The zero-order valence-corrected chi connectivity index (χ0v) is 11.6. The second-order valence-corrected chi connectivity index (χ2v) is 5.73. The van der Waals surface area contributed by atoms with E-state index in [9.17, 15) is 4.79 Å². The van der Waals surface area contributed by atoms with E-state index in [2.05, 4.69) is 16.7 Å². The molecule has 1 aliphatic heterocycles. The van der Waals surface area contributed by atoms with Crippen LogP contribution in [0.1, 0.15) is 45.4 Å². The Hall–Kier alpha value is -0.610. The molecule has 1 heterocycles. The summed E-state index contributed by atoms with van der Waals surface area (Å²) in [7, 11) is 0. The lowest BCUT2D eigenvalue weighted by molar-refractivity contribution is -0.139. The summed E-state index contributed by atoms with van der Waals surface area (Å²) >= 11 is 0. The van der Waals surface area contributed by atoms with E-state index in [0.29, 0.717) is 18.5 Å². The van der Waals surface area contributed by atoms with Gasteiger partial charge in [-0.15, -0.1) is 0 Å². The predicted octanol–water partition coefficient (Wildman–Crippen LogP) is 1.20. The number of piperazine rings is 1. The lowest BCUT2D eigenvalue weighted by Gasteiger charge is -2.43. The number of rotatable bonds is 4. The van der Waals surface area contributed by atoms with Crippen molar-refractivity contribution >= 4 is 5.91 Å². The van der Waals surface area contributed by atoms with Crippen molar-refractivity contribution in [2.24, 2.45) is 5.73 Å². The zero-order chi connectivity index (χ0) is 13.0. The van der Waals surface area contributed by atoms with Crippen LogP contribution >= 0.6 is 0 Å². The summed E-state index contributed by atoms with van der Waals surface area (Å²) in [5.41, 5.74) is 6.18. The molecule has 0 unspecified atom stereocenters. The fourth-order valence-corrected chi connectivity index (χ4v) is 3.19. The van der Waals surface area contributed by atoms with Gasteiger partial charge in [-0.05, 0) is 25.8 Å². The van der Waals surface area contributed by atoms with Crippen molar-refractivity contribution in [1.82, 2.24) is 9.80 Å². The van der Waals surface area contributed by atoms with Crippen molar-refractivity contribution in [2.45, 2.75) is 57.5 Å². The lowest BCUT2D eigenvalue weighted by Crippen LogP contribution is -2.59. The molecular formula is C14H27N3O. The van der Waals surface area contributed by atoms with Crippen LogP contribution < -0.4 is 5.73 Å². The SMILES string of the molecule is CCCCN1CCN([C@@H]2CCCC[C@@H]2N)C(=O)C1. The summed E-state index contributed by atoms with van der Waals surface area (Å²) in [6, 6.07) is 0.504. The summed E-state index contributed by atoms with van der Waals surface area (Å²) in [5, 5.41) is 0. The first-order chi connectivity index (χ1) is 8.72. The number of hydrogen-bond donors (Lipinski definition) is 1. The molecule has 4 heteroatoms. The molecule has 0 spiro atoms. The molecule has 2 atom stereocenters. The van der Waals surface area contributed by atoms with Gasteiger partial charge in [0.1, 0.15) is 0 Å². The molecule has 0 aromatic heterocycles. The summed E-state index contributed by atoms with van der Waals surface area (Å²) in [4.78, 5) is 16.6. The fraction of sp³-hybridized carbons (Fsp3) is 0.929. The highest BCUT2D eigenvalue weighted by molar-refractivity contribution is 5.79. The van der Waals surface area contributed by atoms with Crippen LogP contribution in [-0.4, -0.2) is 54.0 Å². The molecule has 0 radical (unpaired) electrons. The maximum absolute atomic E-state index is 12.2. The second-order valence-electron chi connectivity index (χ2n) is 5.73. The van der Waals surface area contributed by atoms with Crippen LogP contribution in [0.3, 0.4) is 0 Å². The van der Waals surface area contributed by atoms with Crippen LogP contribution in [0.15, 0.2) is 0 Å². The molecule has 1 saturated carbocycles. The molecule has 0 aromatic carbocycles. The molecule has 2 fully saturated rings. The first-order valence-corrected chi connectivity index (χ1v) is 7.49. The monoisotopic (exact) mass is 253 g/mol. The number of carbonyl (C=O) groups excluding carboxylic acids is 1. The smallest absolute Gasteiger partial charge is 0.237 e. The van der Waals surface area contributed by atoms with Gasteiger partial charge in [-0.1, -0.05) is 26.2 Å². The summed E-state index contributed by atoms with van der Waals surface area (Å²) in [5.74, 6) is 0.291. The first-order valence-electron chi connectivity index (χ1n) is 7.49. The van der Waals surface area contributed by atoms with Crippen LogP contribution in [0, 0.1) is 0 Å². The minimum atomic E-state index is 0.199. The largest absolute Gasteiger partial charge is 0.336 e. The zero-order valence-electron chi connectivity index (χ0n) is 11.6. The van der Waals surface area contributed by atoms with Crippen molar-refractivity contribution in [3.05, 3.63) is 0 Å². The van der Waals surface area contributed by atoms with Gasteiger partial charge in [0.05, 0.1) is 6.54 Å². The molecule has 2 aliphatic rings. The van der Waals surface area contributed by atoms with E-state index < -0.39 is 0 Å². The average molecular weight is 253 g/mol. The number of carbonyl (C=O) groups is 1. The Morgan fingerprint density at radius 2 is 2.06 bits per heavy atom. The van der Waals surface area contributed by atoms with E-state index in [1.165, 1.54) is 25.7 Å². The summed E-state index contributed by atoms with van der Waals surface area (Å²) < 4.78 is 0. The number of nitrogens with zero attached hydrogens (tertiary/aromatic N) is 2. The molecule has 1 amide bonds. The van der Waals surface area contributed by atoms with Crippen molar-refractivity contribution in [3.8, 4) is 0 Å². The van der Waals surface area contributed by atoms with Gasteiger partial charge in [-0.25, -0.2) is 0 Å². The van der Waals surface area contributed by atoms with Gasteiger partial charge < -0.3 is 10.6 Å². The highest BCUT2D eigenvalue weighted by Crippen LogP contribution is 2.23. The molecule has 2 N–H and O–H groups in total. The Bertz CT molecular complexity index is 282. The Balaban J connectivity index is 1.86. The normalized spacial score (nSPS) is 30.8. The van der Waals surface area contributed by atoms with Crippen LogP contribution in [0.4, 0.5) is 0 Å². The highest BCUT2D eigenvalue weighted by Gasteiger charge is 2.33. The third-order valence-corrected chi connectivity index (χ3v) is 4.35. The standard InChI is InChI=1S/C14H27N3O/c1-2-3-8-16-9-10-17(14(18)11-16)13-7-5-4-6-12(13)15/h12-13H,2-11,15H2,1H3/t12-,13+/m0/s1. The number of amides is 1. The van der Waals surface area contributed by atoms with Crippen LogP contribution in [0.5, 0.6) is 0 Å². The van der Waals surface area contributed by atoms with Crippen molar-refractivity contribution in [1.29, 1.82) is 0 Å². The van der Waals surface area contributed by atoms with E-state index in [0.717, 1.165) is 32.5 Å². The average Bonchev–Trinajstić information content (AvgIpc) is 2.38. The molecule has 0 bridgehead atoms. The Kier molecular flexibility index (Phi) is 5.01. The van der Waals surface area contributed by atoms with Crippen LogP contribution in [-0.2, 0) is 4.79 Å². The molecule has 2 rings (SSSR count). The summed E-state index contributed by atoms with van der Waals surface area (Å²) in [6.45, 7) is 5.75. The predicted molar refractivity (Wildman–Crippen MR) is 73.3 cm³/mol. The van der Waals surface area contributed by atoms with E-state index in [1.807, 2.05) is 0 Å². The Labute approximate surface area is 110 Å². The molecule has 0 aromatic rings. The van der Waals surface area contributed by atoms with Crippen LogP contribution in [0.2, 0.25) is 0 Å². The third kappa shape index (κ3) is 3.23. The molecule has 104 valence electrons. The van der Waals surface area contributed by atoms with E-state index in [4.69, 9.17) is 5.73 Å². The quantitative estimate of drug-likeness (QED) is 0.819. The van der Waals surface area contributed by atoms with Crippen molar-refractivity contribution in [2.75, 3.05) is 26.2 Å². The lowest BCUT2D eigenvalue weighted by atomic mass is 9.89. The van der Waals surface area contributed by atoms with E-state index in [1.54, 1.807) is 0 Å². The number of nitrogens with two attached hydrogens (primary N) is 1. The van der Waals surface area contributed by atoms with Crippen molar-refractivity contribution in [3.63, 3.8) is 0 Å². The maximum Gasteiger partial charge on any atom is 0.237 e. The maximum atomic E-state index is 12.2. The first kappa shape index (κ1) is 13.8. The topological polar surface area (TPSA) is 49.6 Å². The van der Waals surface area contributed by atoms with E-state index in [-0.39, 0.29) is 6.04 Å². The highest BCUT2D eigenvalue weighted by atomic mass is 16.2. The molecule has 1 aliphatic carbocycles. The number of hydrogen-bond acceptors (Lipinski definition) is 3. The van der Waals surface area contributed by atoms with Crippen molar-refractivity contribution < 1.29 is 4.79 Å². The fourth-order valence-electron chi connectivity index (χ4n) is 3.19. The van der Waals surface area contributed by atoms with Gasteiger partial charge in [0.15, 0.2) is 0 Å². The van der Waals surface area contributed by atoms with Gasteiger partial charge in [0.25, 0.3) is 0 Å². The Morgan fingerprint density at radius 3 is 2.72 bits per heavy atom. The van der Waals surface area contributed by atoms with Gasteiger partial charge in [0, 0.05) is 25.2 Å². The molecule has 4 nitrogen and oxygen atoms in total. The van der Waals surface area contributed by atoms with Gasteiger partial charge in [0.2, 0.25) is 5.91 Å². The minimum Gasteiger partial charge on any atom is -0.336 e. The minimum absolute atomic E-state index is 0.199.